The molecule has 1 aromatic carbocycles. The summed E-state index contributed by atoms with van der Waals surface area (Å²) in [4.78, 5) is 29.6. The molecule has 0 radical (unpaired) electrons. The first kappa shape index (κ1) is 19.7. The topological polar surface area (TPSA) is 52.7 Å². The van der Waals surface area contributed by atoms with Gasteiger partial charge in [0.15, 0.2) is 0 Å². The molecule has 148 valence electrons. The van der Waals surface area contributed by atoms with Gasteiger partial charge < -0.3 is 15.1 Å². The molecule has 1 spiro atoms. The van der Waals surface area contributed by atoms with Crippen molar-refractivity contribution < 1.29 is 9.59 Å². The fourth-order valence-corrected chi connectivity index (χ4v) is 4.31. The molecule has 5 nitrogen and oxygen atoms in total. The van der Waals surface area contributed by atoms with Gasteiger partial charge in [-0.1, -0.05) is 30.3 Å². The fourth-order valence-electron chi connectivity index (χ4n) is 4.31. The number of nitrogens with zero attached hydrogens (tertiary/aromatic N) is 2. The van der Waals surface area contributed by atoms with Gasteiger partial charge in [-0.05, 0) is 58.4 Å². The van der Waals surface area contributed by atoms with Crippen molar-refractivity contribution in [3.8, 4) is 0 Å². The lowest BCUT2D eigenvalue weighted by Gasteiger charge is -2.39. The van der Waals surface area contributed by atoms with Crippen molar-refractivity contribution in [3.05, 3.63) is 35.9 Å². The van der Waals surface area contributed by atoms with Crippen LogP contribution in [0.4, 0.5) is 4.79 Å². The predicted octanol–water partition coefficient (Wildman–Crippen LogP) is 3.44. The highest BCUT2D eigenvalue weighted by molar-refractivity contribution is 5.86. The van der Waals surface area contributed by atoms with Crippen LogP contribution in [0.5, 0.6) is 0 Å². The zero-order valence-corrected chi connectivity index (χ0v) is 17.0. The molecular formula is C22H33N3O2. The highest BCUT2D eigenvalue weighted by Crippen LogP contribution is 2.40. The largest absolute Gasteiger partial charge is 0.342 e. The van der Waals surface area contributed by atoms with Gasteiger partial charge in [-0.25, -0.2) is 4.79 Å². The number of carbonyl (C=O) groups excluding carboxylic acids is 2. The van der Waals surface area contributed by atoms with Gasteiger partial charge in [-0.15, -0.1) is 0 Å². The Hall–Kier alpha value is -2.04. The molecule has 3 rings (SSSR count). The zero-order valence-electron chi connectivity index (χ0n) is 17.0. The van der Waals surface area contributed by atoms with Gasteiger partial charge in [-0.3, -0.25) is 4.79 Å². The van der Waals surface area contributed by atoms with Crippen molar-refractivity contribution in [2.45, 2.75) is 58.4 Å². The summed E-state index contributed by atoms with van der Waals surface area (Å²) < 4.78 is 0. The maximum absolute atomic E-state index is 13.2. The molecule has 1 N–H and O–H groups in total. The van der Waals surface area contributed by atoms with E-state index in [0.29, 0.717) is 13.1 Å². The summed E-state index contributed by atoms with van der Waals surface area (Å²) in [6, 6.07) is 10.4. The Morgan fingerprint density at radius 1 is 1.15 bits per heavy atom. The van der Waals surface area contributed by atoms with Crippen molar-refractivity contribution in [2.24, 2.45) is 5.41 Å². The van der Waals surface area contributed by atoms with Crippen molar-refractivity contribution in [3.63, 3.8) is 0 Å². The third-order valence-electron chi connectivity index (χ3n) is 5.68. The normalized spacial score (nSPS) is 23.1. The number of rotatable bonds is 4. The van der Waals surface area contributed by atoms with Crippen LogP contribution in [0.2, 0.25) is 0 Å². The molecule has 0 aliphatic carbocycles. The average Bonchev–Trinajstić information content (AvgIpc) is 3.04. The number of likely N-dealkylation sites (tertiary alicyclic amines) is 2. The van der Waals surface area contributed by atoms with E-state index in [-0.39, 0.29) is 22.9 Å². The summed E-state index contributed by atoms with van der Waals surface area (Å²) in [7, 11) is 0. The third-order valence-corrected chi connectivity index (χ3v) is 5.68. The Morgan fingerprint density at radius 3 is 2.59 bits per heavy atom. The van der Waals surface area contributed by atoms with E-state index >= 15 is 0 Å². The van der Waals surface area contributed by atoms with Crippen molar-refractivity contribution >= 4 is 11.9 Å². The first-order valence-electron chi connectivity index (χ1n) is 10.2. The first-order valence-corrected chi connectivity index (χ1v) is 10.2. The molecule has 3 amide bonds. The fraction of sp³-hybridized carbons (Fsp3) is 0.636. The molecule has 0 aromatic heterocycles. The van der Waals surface area contributed by atoms with Gasteiger partial charge in [0, 0.05) is 31.7 Å². The summed E-state index contributed by atoms with van der Waals surface area (Å²) in [6.07, 6.45) is 4.71. The smallest absolute Gasteiger partial charge is 0.317 e. The van der Waals surface area contributed by atoms with E-state index in [0.717, 1.165) is 45.2 Å². The van der Waals surface area contributed by atoms with E-state index in [1.165, 1.54) is 5.56 Å². The van der Waals surface area contributed by atoms with Crippen molar-refractivity contribution in [1.82, 2.24) is 15.1 Å². The molecule has 2 aliphatic heterocycles. The number of amides is 3. The molecule has 1 atom stereocenters. The van der Waals surface area contributed by atoms with Gasteiger partial charge in [0.25, 0.3) is 0 Å². The van der Waals surface area contributed by atoms with E-state index in [1.54, 1.807) is 0 Å². The molecule has 2 heterocycles. The number of benzene rings is 1. The number of nitrogens with one attached hydrogen (secondary N) is 1. The monoisotopic (exact) mass is 371 g/mol. The minimum atomic E-state index is -0.361. The standard InChI is InChI=1S/C22H33N3O2/c1-21(2,3)23-20(27)25-16-13-22(17-25)12-8-15-24(19(22)26)14-7-11-18-9-5-4-6-10-18/h4-6,9-10H,7-8,11-17H2,1-3H3,(H,23,27). The maximum atomic E-state index is 13.2. The van der Waals surface area contributed by atoms with E-state index in [4.69, 9.17) is 0 Å². The van der Waals surface area contributed by atoms with E-state index in [1.807, 2.05) is 36.6 Å². The molecule has 2 fully saturated rings. The minimum absolute atomic E-state index is 0.0478. The number of piperidine rings is 1. The van der Waals surface area contributed by atoms with Crippen LogP contribution in [0.25, 0.3) is 0 Å². The second-order valence-corrected chi connectivity index (χ2v) is 9.12. The van der Waals surface area contributed by atoms with Gasteiger partial charge in [0.2, 0.25) is 5.91 Å². The van der Waals surface area contributed by atoms with Crippen LogP contribution in [0.3, 0.4) is 0 Å². The molecular weight excluding hydrogens is 338 g/mol. The van der Waals surface area contributed by atoms with E-state index < -0.39 is 0 Å². The Labute approximate surface area is 163 Å². The van der Waals surface area contributed by atoms with Crippen LogP contribution in [0.1, 0.15) is 52.0 Å². The summed E-state index contributed by atoms with van der Waals surface area (Å²) in [6.45, 7) is 8.84. The quantitative estimate of drug-likeness (QED) is 0.881. The molecule has 5 heteroatoms. The molecule has 27 heavy (non-hydrogen) atoms. The first-order chi connectivity index (χ1) is 12.8. The van der Waals surface area contributed by atoms with E-state index in [2.05, 4.69) is 29.6 Å². The SMILES string of the molecule is CC(C)(C)NC(=O)N1CCC2(CCCN(CCCc3ccccc3)C2=O)C1. The van der Waals surface area contributed by atoms with Crippen LogP contribution in [0.15, 0.2) is 30.3 Å². The molecule has 0 saturated carbocycles. The number of carbonyl (C=O) groups is 2. The Bertz CT molecular complexity index is 668. The van der Waals surface area contributed by atoms with E-state index in [9.17, 15) is 9.59 Å². The highest BCUT2D eigenvalue weighted by Gasteiger charge is 2.49. The van der Waals surface area contributed by atoms with Crippen LogP contribution >= 0.6 is 0 Å². The Balaban J connectivity index is 1.55. The number of urea groups is 1. The molecule has 2 aliphatic rings. The lowest BCUT2D eigenvalue weighted by atomic mass is 9.78. The van der Waals surface area contributed by atoms with Crippen molar-refractivity contribution in [1.29, 1.82) is 0 Å². The third kappa shape index (κ3) is 4.82. The lowest BCUT2D eigenvalue weighted by molar-refractivity contribution is -0.145. The van der Waals surface area contributed by atoms with Gasteiger partial charge in [0.05, 0.1) is 5.41 Å². The van der Waals surface area contributed by atoms with Crippen LogP contribution in [-0.2, 0) is 11.2 Å². The van der Waals surface area contributed by atoms with Crippen molar-refractivity contribution in [2.75, 3.05) is 26.2 Å². The number of hydrogen-bond acceptors (Lipinski definition) is 2. The Kier molecular flexibility index (Phi) is 5.78. The lowest BCUT2D eigenvalue weighted by Crippen LogP contribution is -2.52. The molecule has 1 unspecified atom stereocenters. The molecule has 0 bridgehead atoms. The summed E-state index contributed by atoms with van der Waals surface area (Å²) >= 11 is 0. The van der Waals surface area contributed by atoms with Gasteiger partial charge in [-0.2, -0.15) is 0 Å². The Morgan fingerprint density at radius 2 is 1.89 bits per heavy atom. The minimum Gasteiger partial charge on any atom is -0.342 e. The second kappa shape index (κ2) is 7.91. The predicted molar refractivity (Wildman–Crippen MR) is 107 cm³/mol. The zero-order chi connectivity index (χ0) is 19.5. The average molecular weight is 372 g/mol. The van der Waals surface area contributed by atoms with Crippen LogP contribution in [0, 0.1) is 5.41 Å². The van der Waals surface area contributed by atoms with Gasteiger partial charge in [0.1, 0.15) is 0 Å². The maximum Gasteiger partial charge on any atom is 0.317 e. The summed E-state index contributed by atoms with van der Waals surface area (Å²) in [5.74, 6) is 0.257. The highest BCUT2D eigenvalue weighted by atomic mass is 16.2. The number of aryl methyl sites for hydroxylation is 1. The second-order valence-electron chi connectivity index (χ2n) is 9.12. The summed E-state index contributed by atoms with van der Waals surface area (Å²) in [5.41, 5.74) is 0.704. The number of hydrogen-bond donors (Lipinski definition) is 1. The van der Waals surface area contributed by atoms with Crippen LogP contribution < -0.4 is 5.32 Å². The molecule has 2 saturated heterocycles. The van der Waals surface area contributed by atoms with Gasteiger partial charge >= 0.3 is 6.03 Å². The molecule has 1 aromatic rings. The van der Waals surface area contributed by atoms with Crippen LogP contribution in [-0.4, -0.2) is 53.5 Å². The summed E-state index contributed by atoms with van der Waals surface area (Å²) in [5, 5.41) is 3.02.